The number of aromatic amines is 1. The summed E-state index contributed by atoms with van der Waals surface area (Å²) in [7, 11) is 0. The molecule has 1 aliphatic carbocycles. The fourth-order valence-corrected chi connectivity index (χ4v) is 4.31. The molecule has 1 aliphatic rings. The van der Waals surface area contributed by atoms with Crippen LogP contribution in [0.15, 0.2) is 16.9 Å². The van der Waals surface area contributed by atoms with E-state index in [4.69, 9.17) is 21.7 Å². The number of hydrogen-bond donors (Lipinski definition) is 2. The third-order valence-corrected chi connectivity index (χ3v) is 5.99. The molecule has 1 heterocycles. The highest BCUT2D eigenvalue weighted by Crippen LogP contribution is 2.31. The number of ether oxygens (including phenoxy) is 2. The van der Waals surface area contributed by atoms with Crippen LogP contribution >= 0.6 is 12.2 Å². The first-order valence-electron chi connectivity index (χ1n) is 10.8. The molecule has 0 spiro atoms. The van der Waals surface area contributed by atoms with Gasteiger partial charge in [-0.2, -0.15) is 0 Å². The second-order valence-corrected chi connectivity index (χ2v) is 8.17. The predicted molar refractivity (Wildman–Crippen MR) is 120 cm³/mol. The Labute approximate surface area is 181 Å². The van der Waals surface area contributed by atoms with Crippen molar-refractivity contribution < 1.29 is 14.3 Å². The number of carbonyl (C=O) groups excluding carboxylic acids is 1. The number of nitrogens with one attached hydrogen (secondary N) is 2. The maximum absolute atomic E-state index is 13.1. The highest BCUT2D eigenvalue weighted by Gasteiger charge is 2.22. The zero-order valence-corrected chi connectivity index (χ0v) is 18.8. The van der Waals surface area contributed by atoms with Gasteiger partial charge in [-0.1, -0.05) is 19.8 Å². The quantitative estimate of drug-likeness (QED) is 0.616. The number of rotatable bonds is 8. The Kier molecular flexibility index (Phi) is 7.53. The van der Waals surface area contributed by atoms with Gasteiger partial charge in [0.25, 0.3) is 5.56 Å². The molecule has 7 nitrogen and oxygen atoms in total. The molecule has 30 heavy (non-hydrogen) atoms. The molecule has 2 atom stereocenters. The molecule has 2 N–H and O–H groups in total. The summed E-state index contributed by atoms with van der Waals surface area (Å²) in [5.41, 5.74) is 0.352. The summed E-state index contributed by atoms with van der Waals surface area (Å²) in [5, 5.41) is 3.58. The second-order valence-electron chi connectivity index (χ2n) is 7.78. The summed E-state index contributed by atoms with van der Waals surface area (Å²) < 4.78 is 13.0. The van der Waals surface area contributed by atoms with Gasteiger partial charge in [0, 0.05) is 25.1 Å². The Balaban J connectivity index is 1.81. The fourth-order valence-electron chi connectivity index (χ4n) is 4.02. The SMILES string of the molecule is CCOc1cc2[nH]c(=S)n(CCC(=O)N[C@@H]3CCCC[C@H]3C)c(=O)c2cc1OCC. The molecule has 1 aromatic carbocycles. The predicted octanol–water partition coefficient (Wildman–Crippen LogP) is 3.94. The molecule has 0 unspecified atom stereocenters. The number of carbonyl (C=O) groups is 1. The van der Waals surface area contributed by atoms with E-state index >= 15 is 0 Å². The van der Waals surface area contributed by atoms with E-state index in [-0.39, 0.29) is 35.2 Å². The average molecular weight is 434 g/mol. The Bertz CT molecular complexity index is 1010. The normalized spacial score (nSPS) is 18.9. The average Bonchev–Trinajstić information content (AvgIpc) is 2.71. The van der Waals surface area contributed by atoms with E-state index in [0.717, 1.165) is 19.3 Å². The molecule has 3 rings (SSSR count). The van der Waals surface area contributed by atoms with Crippen molar-refractivity contribution in [2.24, 2.45) is 5.92 Å². The summed E-state index contributed by atoms with van der Waals surface area (Å²) in [6.07, 6.45) is 4.75. The molecule has 2 aromatic rings. The summed E-state index contributed by atoms with van der Waals surface area (Å²) >= 11 is 5.39. The first-order valence-corrected chi connectivity index (χ1v) is 11.2. The number of amides is 1. The van der Waals surface area contributed by atoms with Crippen LogP contribution in [-0.4, -0.2) is 34.7 Å². The standard InChI is InChI=1S/C22H31N3O4S/c1-4-28-18-12-15-17(13-19(18)29-5-2)24-22(30)25(21(15)27)11-10-20(26)23-16-9-7-6-8-14(16)3/h12-14,16H,4-11H2,1-3H3,(H,23,26)(H,24,30)/t14-,16-/m1/s1. The number of benzene rings is 1. The van der Waals surface area contributed by atoms with Crippen LogP contribution in [0.2, 0.25) is 0 Å². The Hall–Kier alpha value is -2.35. The molecule has 8 heteroatoms. The van der Waals surface area contributed by atoms with Gasteiger partial charge in [0.05, 0.1) is 24.1 Å². The summed E-state index contributed by atoms with van der Waals surface area (Å²) in [6.45, 7) is 7.12. The van der Waals surface area contributed by atoms with Crippen molar-refractivity contribution in [3.8, 4) is 11.5 Å². The van der Waals surface area contributed by atoms with Crippen LogP contribution in [0, 0.1) is 10.7 Å². The van der Waals surface area contributed by atoms with Gasteiger partial charge < -0.3 is 19.8 Å². The molecule has 1 saturated carbocycles. The zero-order chi connectivity index (χ0) is 21.7. The highest BCUT2D eigenvalue weighted by atomic mass is 32.1. The lowest BCUT2D eigenvalue weighted by atomic mass is 9.86. The molecule has 0 bridgehead atoms. The molecular formula is C22H31N3O4S. The highest BCUT2D eigenvalue weighted by molar-refractivity contribution is 7.71. The van der Waals surface area contributed by atoms with Gasteiger partial charge in [-0.15, -0.1) is 0 Å². The van der Waals surface area contributed by atoms with Crippen molar-refractivity contribution in [1.82, 2.24) is 14.9 Å². The van der Waals surface area contributed by atoms with Gasteiger partial charge in [0.1, 0.15) is 0 Å². The number of H-pyrrole nitrogens is 1. The lowest BCUT2D eigenvalue weighted by Crippen LogP contribution is -2.41. The first kappa shape index (κ1) is 22.3. The van der Waals surface area contributed by atoms with E-state index < -0.39 is 0 Å². The van der Waals surface area contributed by atoms with Gasteiger partial charge in [0.2, 0.25) is 5.91 Å². The maximum atomic E-state index is 13.1. The van der Waals surface area contributed by atoms with Crippen molar-refractivity contribution in [2.75, 3.05) is 13.2 Å². The third-order valence-electron chi connectivity index (χ3n) is 5.67. The van der Waals surface area contributed by atoms with E-state index in [2.05, 4.69) is 17.2 Å². The van der Waals surface area contributed by atoms with E-state index in [1.807, 2.05) is 13.8 Å². The molecule has 0 aliphatic heterocycles. The van der Waals surface area contributed by atoms with Crippen LogP contribution in [0.1, 0.15) is 52.9 Å². The second kappa shape index (κ2) is 10.1. The van der Waals surface area contributed by atoms with Crippen molar-refractivity contribution in [3.63, 3.8) is 0 Å². The van der Waals surface area contributed by atoms with Crippen LogP contribution in [0.5, 0.6) is 11.5 Å². The smallest absolute Gasteiger partial charge is 0.262 e. The minimum atomic E-state index is -0.239. The number of aromatic nitrogens is 2. The van der Waals surface area contributed by atoms with E-state index in [0.29, 0.717) is 41.5 Å². The van der Waals surface area contributed by atoms with Gasteiger partial charge in [-0.3, -0.25) is 14.2 Å². The molecule has 0 radical (unpaired) electrons. The molecule has 1 aromatic heterocycles. The van der Waals surface area contributed by atoms with Gasteiger partial charge >= 0.3 is 0 Å². The van der Waals surface area contributed by atoms with Crippen LogP contribution in [-0.2, 0) is 11.3 Å². The zero-order valence-electron chi connectivity index (χ0n) is 18.0. The van der Waals surface area contributed by atoms with Gasteiger partial charge in [-0.05, 0) is 50.9 Å². The molecule has 164 valence electrons. The third kappa shape index (κ3) is 5.03. The Morgan fingerprint density at radius 3 is 2.53 bits per heavy atom. The molecule has 0 saturated heterocycles. The topological polar surface area (TPSA) is 85.4 Å². The van der Waals surface area contributed by atoms with Crippen LogP contribution in [0.25, 0.3) is 10.9 Å². The number of hydrogen-bond acceptors (Lipinski definition) is 5. The number of fused-ring (bicyclic) bond motifs is 1. The fraction of sp³-hybridized carbons (Fsp3) is 0.591. The molecule has 1 amide bonds. The van der Waals surface area contributed by atoms with Crippen LogP contribution in [0.3, 0.4) is 0 Å². The lowest BCUT2D eigenvalue weighted by Gasteiger charge is -2.29. The monoisotopic (exact) mass is 433 g/mol. The maximum Gasteiger partial charge on any atom is 0.262 e. The number of nitrogens with zero attached hydrogens (tertiary/aromatic N) is 1. The first-order chi connectivity index (χ1) is 14.4. The largest absolute Gasteiger partial charge is 0.490 e. The molecular weight excluding hydrogens is 402 g/mol. The minimum absolute atomic E-state index is 0.0446. The summed E-state index contributed by atoms with van der Waals surface area (Å²) in [4.78, 5) is 28.6. The van der Waals surface area contributed by atoms with Crippen molar-refractivity contribution >= 4 is 29.0 Å². The van der Waals surface area contributed by atoms with E-state index in [1.54, 1.807) is 12.1 Å². The van der Waals surface area contributed by atoms with Crippen molar-refractivity contribution in [2.45, 2.75) is 65.5 Å². The van der Waals surface area contributed by atoms with Crippen LogP contribution in [0.4, 0.5) is 0 Å². The van der Waals surface area contributed by atoms with Gasteiger partial charge in [-0.25, -0.2) is 0 Å². The van der Waals surface area contributed by atoms with E-state index in [1.165, 1.54) is 11.0 Å². The summed E-state index contributed by atoms with van der Waals surface area (Å²) in [5.74, 6) is 1.53. The lowest BCUT2D eigenvalue weighted by molar-refractivity contribution is -0.122. The van der Waals surface area contributed by atoms with Gasteiger partial charge in [0.15, 0.2) is 16.3 Å². The van der Waals surface area contributed by atoms with E-state index in [9.17, 15) is 9.59 Å². The Morgan fingerprint density at radius 1 is 1.20 bits per heavy atom. The Morgan fingerprint density at radius 2 is 1.87 bits per heavy atom. The minimum Gasteiger partial charge on any atom is -0.490 e. The summed E-state index contributed by atoms with van der Waals surface area (Å²) in [6, 6.07) is 3.64. The van der Waals surface area contributed by atoms with Crippen molar-refractivity contribution in [3.05, 3.63) is 27.3 Å². The van der Waals surface area contributed by atoms with Crippen LogP contribution < -0.4 is 20.3 Å². The molecule has 1 fully saturated rings. The van der Waals surface area contributed by atoms with Crippen molar-refractivity contribution in [1.29, 1.82) is 0 Å².